The topological polar surface area (TPSA) is 55.6 Å². The number of rotatable bonds is 4. The second-order valence-corrected chi connectivity index (χ2v) is 4.91. The standard InChI is InChI=1S/C14H17F3N2O2/c15-14(16,17)10-3-1-4-11(7-10)19-12(5-2-6-18)8-21-9-13(19)20/h1,3-4,7,12H,2,5-6,8-9,18H2. The van der Waals surface area contributed by atoms with E-state index in [4.69, 9.17) is 10.5 Å². The fourth-order valence-electron chi connectivity index (χ4n) is 2.38. The molecule has 0 radical (unpaired) electrons. The average Bonchev–Trinajstić information content (AvgIpc) is 2.44. The molecule has 1 heterocycles. The molecule has 21 heavy (non-hydrogen) atoms. The SMILES string of the molecule is NCCCC1COCC(=O)N1c1cccc(C(F)(F)F)c1. The number of halogens is 3. The number of anilines is 1. The lowest BCUT2D eigenvalue weighted by atomic mass is 10.1. The minimum Gasteiger partial charge on any atom is -0.369 e. The van der Waals surface area contributed by atoms with Crippen LogP contribution in [0.25, 0.3) is 0 Å². The quantitative estimate of drug-likeness (QED) is 0.927. The summed E-state index contributed by atoms with van der Waals surface area (Å²) in [5, 5.41) is 0. The van der Waals surface area contributed by atoms with E-state index in [1.807, 2.05) is 0 Å². The maximum atomic E-state index is 12.8. The van der Waals surface area contributed by atoms with E-state index >= 15 is 0 Å². The lowest BCUT2D eigenvalue weighted by Gasteiger charge is -2.35. The van der Waals surface area contributed by atoms with E-state index in [0.29, 0.717) is 26.0 Å². The number of amides is 1. The van der Waals surface area contributed by atoms with Crippen molar-refractivity contribution >= 4 is 11.6 Å². The number of nitrogens with two attached hydrogens (primary N) is 1. The summed E-state index contributed by atoms with van der Waals surface area (Å²) in [5.41, 5.74) is 4.94. The number of nitrogens with zero attached hydrogens (tertiary/aromatic N) is 1. The molecule has 1 aliphatic heterocycles. The van der Waals surface area contributed by atoms with Gasteiger partial charge in [-0.05, 0) is 37.6 Å². The van der Waals surface area contributed by atoms with Gasteiger partial charge in [0.2, 0.25) is 0 Å². The molecule has 116 valence electrons. The van der Waals surface area contributed by atoms with E-state index in [9.17, 15) is 18.0 Å². The van der Waals surface area contributed by atoms with E-state index in [-0.39, 0.29) is 24.2 Å². The first-order valence-corrected chi connectivity index (χ1v) is 6.70. The molecule has 1 amide bonds. The molecular formula is C14H17F3N2O2. The molecule has 1 fully saturated rings. The first-order chi connectivity index (χ1) is 9.93. The molecule has 4 nitrogen and oxygen atoms in total. The van der Waals surface area contributed by atoms with E-state index in [1.54, 1.807) is 0 Å². The highest BCUT2D eigenvalue weighted by Crippen LogP contribution is 2.33. The van der Waals surface area contributed by atoms with Gasteiger partial charge in [-0.25, -0.2) is 0 Å². The smallest absolute Gasteiger partial charge is 0.369 e. The Morgan fingerprint density at radius 2 is 2.14 bits per heavy atom. The van der Waals surface area contributed by atoms with Crippen molar-refractivity contribution in [2.75, 3.05) is 24.7 Å². The average molecular weight is 302 g/mol. The van der Waals surface area contributed by atoms with Crippen LogP contribution < -0.4 is 10.6 Å². The first-order valence-electron chi connectivity index (χ1n) is 6.70. The summed E-state index contributed by atoms with van der Waals surface area (Å²) < 4.78 is 43.5. The van der Waals surface area contributed by atoms with Gasteiger partial charge in [-0.15, -0.1) is 0 Å². The molecule has 0 bridgehead atoms. The van der Waals surface area contributed by atoms with Gasteiger partial charge in [0.25, 0.3) is 5.91 Å². The van der Waals surface area contributed by atoms with Gasteiger partial charge >= 0.3 is 6.18 Å². The highest BCUT2D eigenvalue weighted by molar-refractivity contribution is 5.95. The molecule has 1 atom stereocenters. The Hall–Kier alpha value is -1.60. The van der Waals surface area contributed by atoms with Crippen molar-refractivity contribution in [3.63, 3.8) is 0 Å². The van der Waals surface area contributed by atoms with Crippen molar-refractivity contribution in [1.82, 2.24) is 0 Å². The number of carbonyl (C=O) groups excluding carboxylic acids is 1. The Bertz CT molecular complexity index is 505. The zero-order chi connectivity index (χ0) is 15.5. The molecule has 1 aromatic rings. The first kappa shape index (κ1) is 15.8. The summed E-state index contributed by atoms with van der Waals surface area (Å²) in [4.78, 5) is 13.4. The van der Waals surface area contributed by atoms with Crippen LogP contribution in [-0.2, 0) is 15.7 Å². The molecule has 0 aromatic heterocycles. The Morgan fingerprint density at radius 3 is 2.81 bits per heavy atom. The van der Waals surface area contributed by atoms with Crippen LogP contribution in [0, 0.1) is 0 Å². The Kier molecular flexibility index (Phi) is 4.84. The van der Waals surface area contributed by atoms with Gasteiger partial charge in [-0.3, -0.25) is 4.79 Å². The van der Waals surface area contributed by atoms with E-state index in [2.05, 4.69) is 0 Å². The summed E-state index contributed by atoms with van der Waals surface area (Å²) >= 11 is 0. The number of hydrogen-bond donors (Lipinski definition) is 1. The van der Waals surface area contributed by atoms with Crippen molar-refractivity contribution in [2.24, 2.45) is 5.73 Å². The second kappa shape index (κ2) is 6.44. The third-order valence-corrected chi connectivity index (χ3v) is 3.36. The number of hydrogen-bond acceptors (Lipinski definition) is 3. The summed E-state index contributed by atoms with van der Waals surface area (Å²) in [7, 11) is 0. The van der Waals surface area contributed by atoms with Crippen LogP contribution in [-0.4, -0.2) is 31.7 Å². The Balaban J connectivity index is 2.29. The number of benzene rings is 1. The van der Waals surface area contributed by atoms with Crippen molar-refractivity contribution in [3.05, 3.63) is 29.8 Å². The maximum absolute atomic E-state index is 12.8. The van der Waals surface area contributed by atoms with Crippen molar-refractivity contribution in [3.8, 4) is 0 Å². The van der Waals surface area contributed by atoms with Gasteiger partial charge in [0.05, 0.1) is 18.2 Å². The van der Waals surface area contributed by atoms with Crippen molar-refractivity contribution in [1.29, 1.82) is 0 Å². The Morgan fingerprint density at radius 1 is 1.38 bits per heavy atom. The second-order valence-electron chi connectivity index (χ2n) is 4.91. The molecule has 1 unspecified atom stereocenters. The van der Waals surface area contributed by atoms with Crippen molar-refractivity contribution in [2.45, 2.75) is 25.1 Å². The van der Waals surface area contributed by atoms with Crippen LogP contribution >= 0.6 is 0 Å². The predicted octanol–water partition coefficient (Wildman–Crippen LogP) is 2.18. The number of carbonyl (C=O) groups is 1. The summed E-state index contributed by atoms with van der Waals surface area (Å²) in [6.07, 6.45) is -3.16. The van der Waals surface area contributed by atoms with E-state index < -0.39 is 11.7 Å². The van der Waals surface area contributed by atoms with Gasteiger partial charge in [0.15, 0.2) is 0 Å². The molecule has 1 saturated heterocycles. The number of alkyl halides is 3. The molecular weight excluding hydrogens is 285 g/mol. The van der Waals surface area contributed by atoms with Crippen molar-refractivity contribution < 1.29 is 22.7 Å². The Labute approximate surface area is 120 Å². The van der Waals surface area contributed by atoms with Crippen LogP contribution in [0.2, 0.25) is 0 Å². The van der Waals surface area contributed by atoms with E-state index in [1.165, 1.54) is 17.0 Å². The fourth-order valence-corrected chi connectivity index (χ4v) is 2.38. The molecule has 2 N–H and O–H groups in total. The molecule has 7 heteroatoms. The summed E-state index contributed by atoms with van der Waals surface area (Å²) in [6, 6.07) is 4.52. The lowest BCUT2D eigenvalue weighted by molar-refractivity contribution is -0.137. The zero-order valence-corrected chi connectivity index (χ0v) is 11.4. The molecule has 2 rings (SSSR count). The minimum absolute atomic E-state index is 0.116. The monoisotopic (exact) mass is 302 g/mol. The van der Waals surface area contributed by atoms with Crippen LogP contribution in [0.1, 0.15) is 18.4 Å². The lowest BCUT2D eigenvalue weighted by Crippen LogP contribution is -2.49. The molecule has 1 aliphatic rings. The zero-order valence-electron chi connectivity index (χ0n) is 11.4. The maximum Gasteiger partial charge on any atom is 0.416 e. The van der Waals surface area contributed by atoms with Gasteiger partial charge in [-0.1, -0.05) is 6.07 Å². The minimum atomic E-state index is -4.43. The van der Waals surface area contributed by atoms with E-state index in [0.717, 1.165) is 12.1 Å². The highest BCUT2D eigenvalue weighted by atomic mass is 19.4. The molecule has 0 aliphatic carbocycles. The van der Waals surface area contributed by atoms with Gasteiger partial charge in [0, 0.05) is 5.69 Å². The molecule has 0 spiro atoms. The van der Waals surface area contributed by atoms with Gasteiger partial charge < -0.3 is 15.4 Å². The highest BCUT2D eigenvalue weighted by Gasteiger charge is 2.34. The van der Waals surface area contributed by atoms with Crippen LogP contribution in [0.3, 0.4) is 0 Å². The molecule has 1 aromatic carbocycles. The van der Waals surface area contributed by atoms with Crippen LogP contribution in [0.5, 0.6) is 0 Å². The third kappa shape index (κ3) is 3.74. The normalized spacial score (nSPS) is 19.9. The third-order valence-electron chi connectivity index (χ3n) is 3.36. The number of ether oxygens (including phenoxy) is 1. The summed E-state index contributed by atoms with van der Waals surface area (Å²) in [5.74, 6) is -0.331. The predicted molar refractivity (Wildman–Crippen MR) is 71.8 cm³/mol. The largest absolute Gasteiger partial charge is 0.416 e. The van der Waals surface area contributed by atoms with Gasteiger partial charge in [-0.2, -0.15) is 13.2 Å². The summed E-state index contributed by atoms with van der Waals surface area (Å²) in [6.45, 7) is 0.651. The molecule has 0 saturated carbocycles. The fraction of sp³-hybridized carbons (Fsp3) is 0.500. The van der Waals surface area contributed by atoms with Crippen LogP contribution in [0.4, 0.5) is 18.9 Å². The van der Waals surface area contributed by atoms with Gasteiger partial charge in [0.1, 0.15) is 6.61 Å². The number of morpholine rings is 1. The van der Waals surface area contributed by atoms with Crippen LogP contribution in [0.15, 0.2) is 24.3 Å².